The summed E-state index contributed by atoms with van der Waals surface area (Å²) in [5, 5.41) is 0.261. The molecule has 2 aliphatic rings. The van der Waals surface area contributed by atoms with Gasteiger partial charge in [0.2, 0.25) is 10.8 Å². The highest BCUT2D eigenvalue weighted by Crippen LogP contribution is 2.56. The van der Waals surface area contributed by atoms with Crippen LogP contribution in [0.4, 0.5) is 15.8 Å². The van der Waals surface area contributed by atoms with E-state index >= 15 is 0 Å². The first-order valence-electron chi connectivity index (χ1n) is 10.2. The predicted octanol–water partition coefficient (Wildman–Crippen LogP) is 5.58. The van der Waals surface area contributed by atoms with Gasteiger partial charge in [0.25, 0.3) is 5.91 Å². The first-order chi connectivity index (χ1) is 15.3. The molecule has 1 saturated heterocycles. The van der Waals surface area contributed by atoms with Gasteiger partial charge in [-0.15, -0.1) is 11.8 Å². The molecule has 3 aromatic rings. The van der Waals surface area contributed by atoms with Crippen molar-refractivity contribution in [1.82, 2.24) is 0 Å². The standard InChI is InChI=1S/C25H20ClFN2O2S/c1-15-10-11-17(12-16(15)2)29-23(30)14-32-25(29)19-6-3-4-9-22(19)28(24(25)31)13-18-20(26)7-5-8-21(18)27/h3-12H,13-14H2,1-2H3. The fourth-order valence-electron chi connectivity index (χ4n) is 4.42. The van der Waals surface area contributed by atoms with Gasteiger partial charge >= 0.3 is 0 Å². The van der Waals surface area contributed by atoms with Crippen LogP contribution in [-0.4, -0.2) is 17.6 Å². The highest BCUT2D eigenvalue weighted by molar-refractivity contribution is 8.02. The highest BCUT2D eigenvalue weighted by Gasteiger charge is 2.61. The van der Waals surface area contributed by atoms with Gasteiger partial charge in [0, 0.05) is 21.8 Å². The Balaban J connectivity index is 1.66. The fraction of sp³-hybridized carbons (Fsp3) is 0.200. The van der Waals surface area contributed by atoms with Crippen molar-refractivity contribution in [3.05, 3.63) is 93.8 Å². The van der Waals surface area contributed by atoms with Crippen molar-refractivity contribution in [1.29, 1.82) is 0 Å². The topological polar surface area (TPSA) is 40.6 Å². The Morgan fingerprint density at radius 1 is 1.03 bits per heavy atom. The minimum Gasteiger partial charge on any atom is -0.304 e. The quantitative estimate of drug-likeness (QED) is 0.506. The van der Waals surface area contributed by atoms with Gasteiger partial charge in [-0.2, -0.15) is 0 Å². The number of aryl methyl sites for hydroxylation is 2. The van der Waals surface area contributed by atoms with E-state index in [1.54, 1.807) is 15.9 Å². The van der Waals surface area contributed by atoms with E-state index in [9.17, 15) is 14.0 Å². The molecule has 0 aliphatic carbocycles. The van der Waals surface area contributed by atoms with Crippen LogP contribution in [0.2, 0.25) is 5.02 Å². The summed E-state index contributed by atoms with van der Waals surface area (Å²) >= 11 is 7.57. The second kappa shape index (κ2) is 7.64. The average molecular weight is 467 g/mol. The molecule has 2 heterocycles. The van der Waals surface area contributed by atoms with Gasteiger partial charge in [-0.3, -0.25) is 14.5 Å². The normalized spacial score (nSPS) is 19.9. The lowest BCUT2D eigenvalue weighted by atomic mass is 10.0. The van der Waals surface area contributed by atoms with Crippen LogP contribution >= 0.6 is 23.4 Å². The van der Waals surface area contributed by atoms with Crippen molar-refractivity contribution in [2.24, 2.45) is 0 Å². The summed E-state index contributed by atoms with van der Waals surface area (Å²) in [5.74, 6) is -0.689. The SMILES string of the molecule is Cc1ccc(N2C(=O)CSC23C(=O)N(Cc2c(F)cccc2Cl)c2ccccc23)cc1C. The van der Waals surface area contributed by atoms with Gasteiger partial charge in [-0.05, 0) is 55.3 Å². The summed E-state index contributed by atoms with van der Waals surface area (Å²) in [6.07, 6.45) is 0. The average Bonchev–Trinajstić information content (AvgIpc) is 3.23. The number of amides is 2. The molecule has 32 heavy (non-hydrogen) atoms. The lowest BCUT2D eigenvalue weighted by Gasteiger charge is -2.33. The zero-order chi connectivity index (χ0) is 22.6. The Labute approximate surface area is 195 Å². The maximum absolute atomic E-state index is 14.6. The van der Waals surface area contributed by atoms with Crippen molar-refractivity contribution in [2.45, 2.75) is 25.3 Å². The molecule has 2 aliphatic heterocycles. The van der Waals surface area contributed by atoms with Crippen LogP contribution in [0.3, 0.4) is 0 Å². The summed E-state index contributed by atoms with van der Waals surface area (Å²) in [6, 6.07) is 17.6. The van der Waals surface area contributed by atoms with Crippen LogP contribution in [-0.2, 0) is 21.0 Å². The van der Waals surface area contributed by atoms with Gasteiger partial charge in [0.1, 0.15) is 5.82 Å². The summed E-state index contributed by atoms with van der Waals surface area (Å²) in [5.41, 5.74) is 4.46. The minimum atomic E-state index is -1.23. The molecule has 0 saturated carbocycles. The molecule has 2 amide bonds. The lowest BCUT2D eigenvalue weighted by Crippen LogP contribution is -2.49. The number of carbonyl (C=O) groups is 2. The number of halogens is 2. The zero-order valence-electron chi connectivity index (χ0n) is 17.6. The van der Waals surface area contributed by atoms with E-state index in [2.05, 4.69) is 0 Å². The number of carbonyl (C=O) groups excluding carboxylic acids is 2. The number of fused-ring (bicyclic) bond motifs is 2. The molecule has 3 aromatic carbocycles. The van der Waals surface area contributed by atoms with E-state index in [0.717, 1.165) is 16.7 Å². The van der Waals surface area contributed by atoms with Crippen LogP contribution in [0.5, 0.6) is 0 Å². The molecule has 0 bridgehead atoms. The van der Waals surface area contributed by atoms with Gasteiger partial charge in [-0.1, -0.05) is 41.9 Å². The van der Waals surface area contributed by atoms with Gasteiger partial charge in [-0.25, -0.2) is 4.39 Å². The van der Waals surface area contributed by atoms with Crippen LogP contribution in [0.1, 0.15) is 22.3 Å². The summed E-state index contributed by atoms with van der Waals surface area (Å²) < 4.78 is 14.6. The van der Waals surface area contributed by atoms with E-state index in [1.165, 1.54) is 23.9 Å². The number of thioether (sulfide) groups is 1. The molecular formula is C25H20ClFN2O2S. The Hall–Kier alpha value is -2.83. The molecule has 1 fully saturated rings. The third kappa shape index (κ3) is 2.97. The molecule has 7 heteroatoms. The first kappa shape index (κ1) is 21.0. The van der Waals surface area contributed by atoms with E-state index in [0.29, 0.717) is 11.4 Å². The molecule has 1 unspecified atom stereocenters. The summed E-state index contributed by atoms with van der Waals surface area (Å²) in [4.78, 5) is 29.1. The molecule has 1 spiro atoms. The molecular weight excluding hydrogens is 447 g/mol. The van der Waals surface area contributed by atoms with Crippen LogP contribution < -0.4 is 9.80 Å². The number of anilines is 2. The lowest BCUT2D eigenvalue weighted by molar-refractivity contribution is -0.123. The van der Waals surface area contributed by atoms with Crippen molar-refractivity contribution in [2.75, 3.05) is 15.6 Å². The number of hydrogen-bond donors (Lipinski definition) is 0. The van der Waals surface area contributed by atoms with Crippen molar-refractivity contribution >= 4 is 46.6 Å². The third-order valence-corrected chi connectivity index (χ3v) is 7.93. The molecule has 1 atom stereocenters. The zero-order valence-corrected chi connectivity index (χ0v) is 19.1. The van der Waals surface area contributed by atoms with Crippen molar-refractivity contribution in [3.8, 4) is 0 Å². The smallest absolute Gasteiger partial charge is 0.269 e. The van der Waals surface area contributed by atoms with Crippen molar-refractivity contribution < 1.29 is 14.0 Å². The molecule has 162 valence electrons. The molecule has 0 N–H and O–H groups in total. The van der Waals surface area contributed by atoms with Crippen molar-refractivity contribution in [3.63, 3.8) is 0 Å². The Kier molecular flexibility index (Phi) is 5.02. The highest BCUT2D eigenvalue weighted by atomic mass is 35.5. The Bertz CT molecular complexity index is 1260. The Morgan fingerprint density at radius 3 is 2.56 bits per heavy atom. The fourth-order valence-corrected chi connectivity index (χ4v) is 6.00. The molecule has 0 radical (unpaired) electrons. The molecule has 0 aromatic heterocycles. The van der Waals surface area contributed by atoms with Crippen LogP contribution in [0.25, 0.3) is 0 Å². The number of nitrogens with zero attached hydrogens (tertiary/aromatic N) is 2. The van der Waals surface area contributed by atoms with E-state index in [4.69, 9.17) is 11.6 Å². The maximum Gasteiger partial charge on any atom is 0.269 e. The van der Waals surface area contributed by atoms with E-state index < -0.39 is 10.7 Å². The first-order valence-corrected chi connectivity index (χ1v) is 11.6. The number of rotatable bonds is 3. The van der Waals surface area contributed by atoms with Crippen LogP contribution in [0, 0.1) is 19.7 Å². The molecule has 5 rings (SSSR count). The van der Waals surface area contributed by atoms with E-state index in [-0.39, 0.29) is 34.7 Å². The predicted molar refractivity (Wildman–Crippen MR) is 127 cm³/mol. The second-order valence-corrected chi connectivity index (χ2v) is 9.61. The van der Waals surface area contributed by atoms with Crippen LogP contribution in [0.15, 0.2) is 60.7 Å². The van der Waals surface area contributed by atoms with Gasteiger partial charge in [0.05, 0.1) is 18.0 Å². The summed E-state index contributed by atoms with van der Waals surface area (Å²) in [7, 11) is 0. The molecule has 4 nitrogen and oxygen atoms in total. The number of benzene rings is 3. The summed E-state index contributed by atoms with van der Waals surface area (Å²) in [6.45, 7) is 3.97. The van der Waals surface area contributed by atoms with E-state index in [1.807, 2.05) is 56.3 Å². The van der Waals surface area contributed by atoms with Gasteiger partial charge in [0.15, 0.2) is 0 Å². The monoisotopic (exact) mass is 466 g/mol. The largest absolute Gasteiger partial charge is 0.304 e. The van der Waals surface area contributed by atoms with Gasteiger partial charge < -0.3 is 4.90 Å². The Morgan fingerprint density at radius 2 is 1.81 bits per heavy atom. The third-order valence-electron chi connectivity index (χ3n) is 6.19. The second-order valence-electron chi connectivity index (χ2n) is 8.04. The number of hydrogen-bond acceptors (Lipinski definition) is 3. The maximum atomic E-state index is 14.6. The minimum absolute atomic E-state index is 0.0153. The number of para-hydroxylation sites is 1.